The summed E-state index contributed by atoms with van der Waals surface area (Å²) in [7, 11) is 0. The third-order valence-corrected chi connectivity index (χ3v) is 7.26. The van der Waals surface area contributed by atoms with Crippen molar-refractivity contribution in [2.75, 3.05) is 23.3 Å². The van der Waals surface area contributed by atoms with Crippen molar-refractivity contribution < 1.29 is 9.59 Å². The van der Waals surface area contributed by atoms with Crippen molar-refractivity contribution in [1.82, 2.24) is 14.3 Å². The van der Waals surface area contributed by atoms with Crippen LogP contribution in [0.15, 0.2) is 36.5 Å². The molecule has 3 N–H and O–H groups in total. The molecule has 2 fully saturated rings. The predicted molar refractivity (Wildman–Crippen MR) is 133 cm³/mol. The number of aryl methyl sites for hydroxylation is 1. The number of piperidine rings is 1. The molecule has 3 aromatic rings. The number of amides is 1. The summed E-state index contributed by atoms with van der Waals surface area (Å²) < 4.78 is 4.25. The molecule has 8 nitrogen and oxygen atoms in total. The van der Waals surface area contributed by atoms with Gasteiger partial charge in [-0.25, -0.2) is 9.97 Å². The second-order valence-electron chi connectivity index (χ2n) is 9.23. The summed E-state index contributed by atoms with van der Waals surface area (Å²) in [5.74, 6) is 1.47. The van der Waals surface area contributed by atoms with Crippen LogP contribution in [0, 0.1) is 12.8 Å². The van der Waals surface area contributed by atoms with Crippen LogP contribution in [0.1, 0.15) is 70.1 Å². The van der Waals surface area contributed by atoms with Crippen LogP contribution in [-0.2, 0) is 0 Å². The van der Waals surface area contributed by atoms with Crippen molar-refractivity contribution in [3.63, 3.8) is 0 Å². The zero-order valence-electron chi connectivity index (χ0n) is 19.2. The number of rotatable bonds is 8. The minimum Gasteiger partial charge on any atom is -0.364 e. The van der Waals surface area contributed by atoms with Crippen LogP contribution in [0.4, 0.5) is 16.6 Å². The van der Waals surface area contributed by atoms with Crippen LogP contribution < -0.4 is 16.0 Å². The van der Waals surface area contributed by atoms with E-state index in [1.165, 1.54) is 29.9 Å². The van der Waals surface area contributed by atoms with E-state index >= 15 is 0 Å². The molecule has 2 aliphatic rings. The number of nitrogens with one attached hydrogen (secondary N) is 1. The Labute approximate surface area is 202 Å². The van der Waals surface area contributed by atoms with Gasteiger partial charge in [-0.1, -0.05) is 24.3 Å². The summed E-state index contributed by atoms with van der Waals surface area (Å²) in [6, 6.07) is 10.0. The topological polar surface area (TPSA) is 114 Å². The van der Waals surface area contributed by atoms with Gasteiger partial charge in [0, 0.05) is 25.1 Å². The molecular formula is C25H28N6O2S. The van der Waals surface area contributed by atoms with E-state index in [0.717, 1.165) is 42.2 Å². The molecule has 5 rings (SSSR count). The van der Waals surface area contributed by atoms with Gasteiger partial charge < -0.3 is 16.0 Å². The van der Waals surface area contributed by atoms with E-state index in [-0.39, 0.29) is 17.4 Å². The third kappa shape index (κ3) is 5.09. The molecule has 1 amide bonds. The summed E-state index contributed by atoms with van der Waals surface area (Å²) in [5.41, 5.74) is 8.62. The molecule has 1 aliphatic heterocycles. The summed E-state index contributed by atoms with van der Waals surface area (Å²) >= 11 is 1.29. The van der Waals surface area contributed by atoms with Gasteiger partial charge in [0.25, 0.3) is 5.91 Å². The zero-order valence-corrected chi connectivity index (χ0v) is 20.0. The van der Waals surface area contributed by atoms with Gasteiger partial charge in [0.1, 0.15) is 10.8 Å². The van der Waals surface area contributed by atoms with Crippen molar-refractivity contribution in [1.29, 1.82) is 0 Å². The fourth-order valence-electron chi connectivity index (χ4n) is 4.52. The van der Waals surface area contributed by atoms with E-state index in [9.17, 15) is 9.59 Å². The highest BCUT2D eigenvalue weighted by Crippen LogP contribution is 2.40. The monoisotopic (exact) mass is 476 g/mol. The molecule has 0 bridgehead atoms. The Bertz CT molecular complexity index is 1200. The van der Waals surface area contributed by atoms with Gasteiger partial charge in [0.05, 0.1) is 11.9 Å². The Balaban J connectivity index is 1.28. The molecule has 0 radical (unpaired) electrons. The number of Topliss-reactive ketones (excluding diaryl/α,β-unsaturated/α-hetero) is 1. The fourth-order valence-corrected chi connectivity index (χ4v) is 5.18. The van der Waals surface area contributed by atoms with Crippen LogP contribution >= 0.6 is 11.5 Å². The molecule has 176 valence electrons. The number of carbonyl (C=O) groups is 2. The second-order valence-corrected chi connectivity index (χ2v) is 10.0. The number of hydrogen-bond donors (Lipinski definition) is 2. The Morgan fingerprint density at radius 3 is 2.68 bits per heavy atom. The van der Waals surface area contributed by atoms with Crippen LogP contribution in [0.25, 0.3) is 0 Å². The first-order chi connectivity index (χ1) is 16.5. The van der Waals surface area contributed by atoms with Gasteiger partial charge >= 0.3 is 0 Å². The number of ketones is 1. The summed E-state index contributed by atoms with van der Waals surface area (Å²) in [5, 5.41) is 3.90. The summed E-state index contributed by atoms with van der Waals surface area (Å²) in [6.45, 7) is 3.44. The largest absolute Gasteiger partial charge is 0.364 e. The van der Waals surface area contributed by atoms with E-state index in [0.29, 0.717) is 24.0 Å². The number of aromatic nitrogens is 3. The lowest BCUT2D eigenvalue weighted by molar-refractivity contribution is 0.0954. The first-order valence-corrected chi connectivity index (χ1v) is 12.5. The maximum Gasteiger partial charge on any atom is 0.271 e. The minimum absolute atomic E-state index is 0.0909. The highest BCUT2D eigenvalue weighted by molar-refractivity contribution is 7.10. The molecule has 0 unspecified atom stereocenters. The molecule has 34 heavy (non-hydrogen) atoms. The highest BCUT2D eigenvalue weighted by Gasteiger charge is 2.26. The summed E-state index contributed by atoms with van der Waals surface area (Å²) in [4.78, 5) is 35.9. The molecule has 1 atom stereocenters. The van der Waals surface area contributed by atoms with Gasteiger partial charge in [-0.2, -0.15) is 4.37 Å². The number of benzene rings is 1. The Morgan fingerprint density at radius 2 is 2.00 bits per heavy atom. The van der Waals surface area contributed by atoms with E-state index in [2.05, 4.69) is 36.7 Å². The average molecular weight is 477 g/mol. The SMILES string of the molecule is Cc1cc(Nc2nc(N3CCC[C@@H](CC(=O)c4ccc(C5CC5)cc4)C3)cnc2C(N)=O)sn1. The maximum absolute atomic E-state index is 12.9. The van der Waals surface area contributed by atoms with Crippen molar-refractivity contribution in [2.24, 2.45) is 11.7 Å². The standard InChI is InChI=1S/C25H28N6O2S/c1-15-11-22(34-30-15)29-25-23(24(26)33)27-13-21(28-25)31-10-2-3-16(14-31)12-20(32)19-8-6-18(7-9-19)17-4-5-17/h6-9,11,13,16-17H,2-5,10,12,14H2,1H3,(H2,26,33)(H,28,29)/t16-/m0/s1. The number of nitrogens with two attached hydrogens (primary N) is 1. The number of primary amides is 1. The first-order valence-electron chi connectivity index (χ1n) is 11.7. The molecule has 0 spiro atoms. The van der Waals surface area contributed by atoms with Gasteiger partial charge in [0.15, 0.2) is 17.3 Å². The van der Waals surface area contributed by atoms with Gasteiger partial charge in [0.2, 0.25) is 0 Å². The quantitative estimate of drug-likeness (QED) is 0.462. The first kappa shape index (κ1) is 22.5. The van der Waals surface area contributed by atoms with E-state index in [1.54, 1.807) is 6.20 Å². The zero-order chi connectivity index (χ0) is 23.7. The van der Waals surface area contributed by atoms with E-state index in [1.807, 2.05) is 25.1 Å². The molecule has 3 heterocycles. The number of nitrogens with zero attached hydrogens (tertiary/aromatic N) is 4. The summed E-state index contributed by atoms with van der Waals surface area (Å²) in [6.07, 6.45) is 6.58. The van der Waals surface area contributed by atoms with E-state index in [4.69, 9.17) is 5.73 Å². The van der Waals surface area contributed by atoms with Gasteiger partial charge in [-0.05, 0) is 67.6 Å². The lowest BCUT2D eigenvalue weighted by atomic mass is 9.90. The Morgan fingerprint density at radius 1 is 1.21 bits per heavy atom. The molecule has 9 heteroatoms. The normalized spacial score (nSPS) is 18.0. The molecule has 2 aromatic heterocycles. The number of carbonyl (C=O) groups excluding carboxylic acids is 2. The van der Waals surface area contributed by atoms with E-state index < -0.39 is 5.91 Å². The molecule has 1 aliphatic carbocycles. The van der Waals surface area contributed by atoms with Crippen molar-refractivity contribution in [3.05, 3.63) is 59.0 Å². The fraction of sp³-hybridized carbons (Fsp3) is 0.400. The van der Waals surface area contributed by atoms with Crippen LogP contribution in [0.5, 0.6) is 0 Å². The van der Waals surface area contributed by atoms with Crippen molar-refractivity contribution in [3.8, 4) is 0 Å². The maximum atomic E-state index is 12.9. The van der Waals surface area contributed by atoms with Crippen molar-refractivity contribution in [2.45, 2.75) is 44.9 Å². The van der Waals surface area contributed by atoms with Crippen LogP contribution in [-0.4, -0.2) is 39.1 Å². The highest BCUT2D eigenvalue weighted by atomic mass is 32.1. The molecule has 1 saturated heterocycles. The lowest BCUT2D eigenvalue weighted by Gasteiger charge is -2.33. The second kappa shape index (κ2) is 9.50. The number of anilines is 3. The molecular weight excluding hydrogens is 448 g/mol. The Hall–Kier alpha value is -3.33. The molecule has 1 aromatic carbocycles. The smallest absolute Gasteiger partial charge is 0.271 e. The number of hydrogen-bond acceptors (Lipinski definition) is 8. The van der Waals surface area contributed by atoms with Gasteiger partial charge in [-0.3, -0.25) is 9.59 Å². The molecule has 1 saturated carbocycles. The van der Waals surface area contributed by atoms with Crippen LogP contribution in [0.3, 0.4) is 0 Å². The minimum atomic E-state index is -0.641. The average Bonchev–Trinajstić information content (AvgIpc) is 3.61. The lowest BCUT2D eigenvalue weighted by Crippen LogP contribution is -2.37. The Kier molecular flexibility index (Phi) is 6.28. The van der Waals surface area contributed by atoms with Crippen molar-refractivity contribution >= 4 is 39.9 Å². The predicted octanol–water partition coefficient (Wildman–Crippen LogP) is 4.45. The third-order valence-electron chi connectivity index (χ3n) is 6.46. The van der Waals surface area contributed by atoms with Crippen LogP contribution in [0.2, 0.25) is 0 Å². The van der Waals surface area contributed by atoms with Gasteiger partial charge in [-0.15, -0.1) is 0 Å².